The minimum Gasteiger partial charge on any atom is -0.478 e. The van der Waals surface area contributed by atoms with Gasteiger partial charge in [0.2, 0.25) is 11.8 Å². The van der Waals surface area contributed by atoms with Gasteiger partial charge in [-0.1, -0.05) is 11.6 Å². The Morgan fingerprint density at radius 1 is 1.26 bits per heavy atom. The molecule has 1 atom stereocenters. The standard InChI is InChI=1S/C12H13ClN2O4/c1-6(14-7(2)16)11(17)15-10-4-8(12(18)19)3-9(13)5-10/h3-6H,1-2H3,(H,14,16)(H,15,17)(H,18,19). The normalized spacial score (nSPS) is 11.5. The highest BCUT2D eigenvalue weighted by Gasteiger charge is 2.15. The molecule has 0 radical (unpaired) electrons. The molecule has 0 bridgehead atoms. The quantitative estimate of drug-likeness (QED) is 0.781. The Morgan fingerprint density at radius 3 is 2.42 bits per heavy atom. The van der Waals surface area contributed by atoms with Crippen molar-refractivity contribution >= 4 is 35.1 Å². The summed E-state index contributed by atoms with van der Waals surface area (Å²) in [6, 6.07) is 3.25. The van der Waals surface area contributed by atoms with Gasteiger partial charge >= 0.3 is 5.97 Å². The first-order valence-electron chi connectivity index (χ1n) is 5.41. The summed E-state index contributed by atoms with van der Waals surface area (Å²) in [5.41, 5.74) is 0.224. The Bertz CT molecular complexity index is 530. The number of carboxylic acid groups (broad SMARTS) is 1. The molecule has 1 aromatic rings. The van der Waals surface area contributed by atoms with Crippen LogP contribution in [-0.2, 0) is 9.59 Å². The summed E-state index contributed by atoms with van der Waals surface area (Å²) in [4.78, 5) is 33.4. The number of nitrogens with one attached hydrogen (secondary N) is 2. The van der Waals surface area contributed by atoms with Crippen LogP contribution in [0.4, 0.5) is 5.69 Å². The van der Waals surface area contributed by atoms with Crippen molar-refractivity contribution in [2.45, 2.75) is 19.9 Å². The van der Waals surface area contributed by atoms with Crippen LogP contribution < -0.4 is 10.6 Å². The molecule has 0 saturated carbocycles. The monoisotopic (exact) mass is 284 g/mol. The van der Waals surface area contributed by atoms with Gasteiger partial charge in [-0.2, -0.15) is 0 Å². The third-order valence-electron chi connectivity index (χ3n) is 2.23. The predicted octanol–water partition coefficient (Wildman–Crippen LogP) is 1.50. The van der Waals surface area contributed by atoms with Gasteiger partial charge in [0.25, 0.3) is 0 Å². The highest BCUT2D eigenvalue weighted by atomic mass is 35.5. The molecular formula is C12H13ClN2O4. The van der Waals surface area contributed by atoms with Crippen molar-refractivity contribution in [2.75, 3.05) is 5.32 Å². The molecule has 7 heteroatoms. The number of carbonyl (C=O) groups excluding carboxylic acids is 2. The number of aromatic carboxylic acids is 1. The lowest BCUT2D eigenvalue weighted by atomic mass is 10.2. The Kier molecular flexibility index (Phi) is 4.88. The summed E-state index contributed by atoms with van der Waals surface area (Å²) in [6.07, 6.45) is 0. The van der Waals surface area contributed by atoms with E-state index in [1.54, 1.807) is 0 Å². The van der Waals surface area contributed by atoms with E-state index in [0.717, 1.165) is 0 Å². The van der Waals surface area contributed by atoms with Gasteiger partial charge in [0.1, 0.15) is 6.04 Å². The fourth-order valence-electron chi connectivity index (χ4n) is 1.41. The summed E-state index contributed by atoms with van der Waals surface area (Å²) in [7, 11) is 0. The number of carboxylic acids is 1. The smallest absolute Gasteiger partial charge is 0.335 e. The van der Waals surface area contributed by atoms with Crippen molar-refractivity contribution in [3.05, 3.63) is 28.8 Å². The first-order valence-corrected chi connectivity index (χ1v) is 5.79. The zero-order valence-corrected chi connectivity index (χ0v) is 11.1. The molecule has 102 valence electrons. The van der Waals surface area contributed by atoms with Crippen LogP contribution in [0.2, 0.25) is 5.02 Å². The Hall–Kier alpha value is -2.08. The lowest BCUT2D eigenvalue weighted by Gasteiger charge is -2.13. The number of hydrogen-bond acceptors (Lipinski definition) is 3. The fourth-order valence-corrected chi connectivity index (χ4v) is 1.64. The highest BCUT2D eigenvalue weighted by Crippen LogP contribution is 2.19. The topological polar surface area (TPSA) is 95.5 Å². The maximum absolute atomic E-state index is 11.7. The molecule has 0 aliphatic heterocycles. The average molecular weight is 285 g/mol. The molecule has 3 N–H and O–H groups in total. The Labute approximate surface area is 114 Å². The molecule has 0 aliphatic carbocycles. The molecule has 0 aliphatic rings. The first kappa shape index (κ1) is 15.0. The number of hydrogen-bond donors (Lipinski definition) is 3. The molecular weight excluding hydrogens is 272 g/mol. The summed E-state index contributed by atoms with van der Waals surface area (Å²) in [5, 5.41) is 14.0. The first-order chi connectivity index (χ1) is 8.79. The van der Waals surface area contributed by atoms with Crippen LogP contribution in [0.5, 0.6) is 0 Å². The van der Waals surface area contributed by atoms with Gasteiger partial charge in [-0.25, -0.2) is 4.79 Å². The molecule has 0 heterocycles. The number of amides is 2. The van der Waals surface area contributed by atoms with E-state index in [1.807, 2.05) is 0 Å². The zero-order chi connectivity index (χ0) is 14.6. The highest BCUT2D eigenvalue weighted by molar-refractivity contribution is 6.31. The predicted molar refractivity (Wildman–Crippen MR) is 70.3 cm³/mol. The number of carbonyl (C=O) groups is 3. The number of rotatable bonds is 4. The van der Waals surface area contributed by atoms with Crippen LogP contribution in [0.3, 0.4) is 0 Å². The molecule has 6 nitrogen and oxygen atoms in total. The second-order valence-electron chi connectivity index (χ2n) is 3.95. The third-order valence-corrected chi connectivity index (χ3v) is 2.44. The van der Waals surface area contributed by atoms with E-state index in [0.29, 0.717) is 0 Å². The second kappa shape index (κ2) is 6.19. The fraction of sp³-hybridized carbons (Fsp3) is 0.250. The summed E-state index contributed by atoms with van der Waals surface area (Å²) in [5.74, 6) is -1.94. The van der Waals surface area contributed by atoms with E-state index >= 15 is 0 Å². The van der Waals surface area contributed by atoms with Crippen LogP contribution in [-0.4, -0.2) is 28.9 Å². The van der Waals surface area contributed by atoms with Gasteiger partial charge in [-0.3, -0.25) is 9.59 Å². The zero-order valence-electron chi connectivity index (χ0n) is 10.4. The number of anilines is 1. The molecule has 0 aromatic heterocycles. The van der Waals surface area contributed by atoms with Crippen molar-refractivity contribution in [3.8, 4) is 0 Å². The van der Waals surface area contributed by atoms with Crippen LogP contribution in [0, 0.1) is 0 Å². The Balaban J connectivity index is 2.84. The van der Waals surface area contributed by atoms with E-state index in [2.05, 4.69) is 10.6 Å². The number of halogens is 1. The SMILES string of the molecule is CC(=O)NC(C)C(=O)Nc1cc(Cl)cc(C(=O)O)c1. The second-order valence-corrected chi connectivity index (χ2v) is 4.38. The van der Waals surface area contributed by atoms with Crippen LogP contribution >= 0.6 is 11.6 Å². The van der Waals surface area contributed by atoms with Gasteiger partial charge in [0.05, 0.1) is 5.56 Å². The minimum absolute atomic E-state index is 0.0324. The maximum atomic E-state index is 11.7. The summed E-state index contributed by atoms with van der Waals surface area (Å²) >= 11 is 5.76. The number of benzene rings is 1. The van der Waals surface area contributed by atoms with E-state index in [4.69, 9.17) is 16.7 Å². The van der Waals surface area contributed by atoms with Crippen molar-refractivity contribution in [2.24, 2.45) is 0 Å². The molecule has 0 spiro atoms. The molecule has 19 heavy (non-hydrogen) atoms. The van der Waals surface area contributed by atoms with Crippen molar-refractivity contribution in [1.29, 1.82) is 0 Å². The lowest BCUT2D eigenvalue weighted by Crippen LogP contribution is -2.40. The molecule has 1 unspecified atom stereocenters. The van der Waals surface area contributed by atoms with Gasteiger partial charge < -0.3 is 15.7 Å². The van der Waals surface area contributed by atoms with Gasteiger partial charge in [0.15, 0.2) is 0 Å². The maximum Gasteiger partial charge on any atom is 0.335 e. The molecule has 1 rings (SSSR count). The Morgan fingerprint density at radius 2 is 1.89 bits per heavy atom. The molecule has 0 fully saturated rings. The van der Waals surface area contributed by atoms with Crippen LogP contribution in [0.1, 0.15) is 24.2 Å². The average Bonchev–Trinajstić information content (AvgIpc) is 2.26. The molecule has 1 aromatic carbocycles. The van der Waals surface area contributed by atoms with E-state index < -0.39 is 17.9 Å². The van der Waals surface area contributed by atoms with Crippen molar-refractivity contribution in [3.63, 3.8) is 0 Å². The summed E-state index contributed by atoms with van der Waals surface area (Å²) < 4.78 is 0. The van der Waals surface area contributed by atoms with Crippen molar-refractivity contribution in [1.82, 2.24) is 5.32 Å². The third kappa shape index (κ3) is 4.59. The van der Waals surface area contributed by atoms with Gasteiger partial charge in [0, 0.05) is 17.6 Å². The van der Waals surface area contributed by atoms with Gasteiger partial charge in [-0.05, 0) is 25.1 Å². The van der Waals surface area contributed by atoms with E-state index in [1.165, 1.54) is 32.0 Å². The van der Waals surface area contributed by atoms with Crippen molar-refractivity contribution < 1.29 is 19.5 Å². The molecule has 0 saturated heterocycles. The van der Waals surface area contributed by atoms with E-state index in [-0.39, 0.29) is 22.2 Å². The van der Waals surface area contributed by atoms with E-state index in [9.17, 15) is 14.4 Å². The van der Waals surface area contributed by atoms with Crippen LogP contribution in [0.25, 0.3) is 0 Å². The lowest BCUT2D eigenvalue weighted by molar-refractivity contribution is -0.124. The van der Waals surface area contributed by atoms with Crippen LogP contribution in [0.15, 0.2) is 18.2 Å². The van der Waals surface area contributed by atoms with Gasteiger partial charge in [-0.15, -0.1) is 0 Å². The summed E-state index contributed by atoms with van der Waals surface area (Å²) in [6.45, 7) is 2.81. The molecule has 2 amide bonds. The largest absolute Gasteiger partial charge is 0.478 e. The minimum atomic E-state index is -1.15.